The summed E-state index contributed by atoms with van der Waals surface area (Å²) >= 11 is 0. The zero-order valence-corrected chi connectivity index (χ0v) is 22.5. The van der Waals surface area contributed by atoms with Crippen LogP contribution in [0.3, 0.4) is 0 Å². The Morgan fingerprint density at radius 3 is 2.29 bits per heavy atom. The number of carbonyl (C=O) groups is 3. The van der Waals surface area contributed by atoms with E-state index in [4.69, 9.17) is 0 Å². The first kappa shape index (κ1) is 28.6. The van der Waals surface area contributed by atoms with Gasteiger partial charge in [-0.25, -0.2) is 4.79 Å². The lowest BCUT2D eigenvalue weighted by Gasteiger charge is -2.40. The first-order valence-electron chi connectivity index (χ1n) is 12.5. The zero-order chi connectivity index (χ0) is 26.5. The number of aliphatic carboxylic acids is 1. The van der Waals surface area contributed by atoms with E-state index < -0.39 is 23.5 Å². The van der Waals surface area contributed by atoms with Gasteiger partial charge in [0, 0.05) is 12.6 Å². The predicted octanol–water partition coefficient (Wildman–Crippen LogP) is 3.91. The molecule has 1 fully saturated rings. The lowest BCUT2D eigenvalue weighted by atomic mass is 9.83. The van der Waals surface area contributed by atoms with E-state index in [2.05, 4.69) is 22.3 Å². The van der Waals surface area contributed by atoms with Crippen LogP contribution < -0.4 is 5.32 Å². The number of nitrogens with one attached hydrogen (secondary N) is 1. The highest BCUT2D eigenvalue weighted by molar-refractivity contribution is 5.91. The van der Waals surface area contributed by atoms with Crippen LogP contribution in [0.1, 0.15) is 65.9 Å². The van der Waals surface area contributed by atoms with Crippen molar-refractivity contribution in [3.8, 4) is 0 Å². The number of benzene rings is 1. The fourth-order valence-corrected chi connectivity index (χ4v) is 4.73. The second-order valence-corrected chi connectivity index (χ2v) is 11.3. The number of carboxylic acid groups (broad SMARTS) is 1. The molecular formula is C28H43N3O4. The molecule has 194 valence electrons. The molecule has 35 heavy (non-hydrogen) atoms. The summed E-state index contributed by atoms with van der Waals surface area (Å²) in [6, 6.07) is 8.80. The fourth-order valence-electron chi connectivity index (χ4n) is 4.73. The predicted molar refractivity (Wildman–Crippen MR) is 139 cm³/mol. The van der Waals surface area contributed by atoms with Crippen molar-refractivity contribution in [1.29, 1.82) is 0 Å². The molecule has 1 heterocycles. The van der Waals surface area contributed by atoms with E-state index in [0.29, 0.717) is 12.3 Å². The number of amides is 2. The van der Waals surface area contributed by atoms with Gasteiger partial charge in [0.1, 0.15) is 6.04 Å². The van der Waals surface area contributed by atoms with Crippen molar-refractivity contribution in [2.45, 2.75) is 78.4 Å². The molecule has 1 aliphatic heterocycles. The van der Waals surface area contributed by atoms with Crippen LogP contribution in [0.2, 0.25) is 0 Å². The minimum absolute atomic E-state index is 0.00526. The van der Waals surface area contributed by atoms with Crippen LogP contribution in [0, 0.1) is 11.3 Å². The van der Waals surface area contributed by atoms with Gasteiger partial charge < -0.3 is 15.3 Å². The topological polar surface area (TPSA) is 90.0 Å². The van der Waals surface area contributed by atoms with Crippen molar-refractivity contribution >= 4 is 17.8 Å². The highest BCUT2D eigenvalue weighted by Crippen LogP contribution is 2.31. The monoisotopic (exact) mass is 485 g/mol. The molecular weight excluding hydrogens is 442 g/mol. The highest BCUT2D eigenvalue weighted by atomic mass is 16.4. The summed E-state index contributed by atoms with van der Waals surface area (Å²) in [5.74, 6) is -1.08. The molecule has 7 nitrogen and oxygen atoms in total. The Bertz CT molecular complexity index is 920. The van der Waals surface area contributed by atoms with Crippen molar-refractivity contribution in [2.24, 2.45) is 11.3 Å². The van der Waals surface area contributed by atoms with E-state index in [-0.39, 0.29) is 29.3 Å². The minimum Gasteiger partial charge on any atom is -0.478 e. The van der Waals surface area contributed by atoms with Crippen molar-refractivity contribution in [2.75, 3.05) is 20.6 Å². The normalized spacial score (nSPS) is 21.3. The van der Waals surface area contributed by atoms with E-state index >= 15 is 0 Å². The zero-order valence-electron chi connectivity index (χ0n) is 22.5. The first-order valence-corrected chi connectivity index (χ1v) is 12.5. The van der Waals surface area contributed by atoms with Crippen LogP contribution in [-0.2, 0) is 14.4 Å². The van der Waals surface area contributed by atoms with Gasteiger partial charge in [-0.1, -0.05) is 71.0 Å². The summed E-state index contributed by atoms with van der Waals surface area (Å²) in [6.07, 6.45) is 3.30. The molecule has 0 saturated carbocycles. The lowest BCUT2D eigenvalue weighted by molar-refractivity contribution is -0.141. The van der Waals surface area contributed by atoms with Gasteiger partial charge in [-0.2, -0.15) is 0 Å². The maximum absolute atomic E-state index is 13.7. The quantitative estimate of drug-likeness (QED) is 0.545. The molecule has 0 aromatic heterocycles. The Morgan fingerprint density at radius 2 is 1.77 bits per heavy atom. The van der Waals surface area contributed by atoms with Crippen LogP contribution in [0.15, 0.2) is 42.0 Å². The smallest absolute Gasteiger partial charge is 0.331 e. The number of hydrogen-bond donors (Lipinski definition) is 2. The summed E-state index contributed by atoms with van der Waals surface area (Å²) in [7, 11) is 3.64. The highest BCUT2D eigenvalue weighted by Gasteiger charge is 2.40. The van der Waals surface area contributed by atoms with E-state index in [1.54, 1.807) is 18.0 Å². The maximum atomic E-state index is 13.7. The Balaban J connectivity index is 2.25. The van der Waals surface area contributed by atoms with Crippen molar-refractivity contribution in [3.63, 3.8) is 0 Å². The molecule has 0 aliphatic carbocycles. The van der Waals surface area contributed by atoms with Gasteiger partial charge in [-0.3, -0.25) is 14.5 Å². The van der Waals surface area contributed by atoms with Gasteiger partial charge >= 0.3 is 5.97 Å². The average molecular weight is 486 g/mol. The number of rotatable bonds is 8. The molecule has 1 aliphatic rings. The van der Waals surface area contributed by atoms with Crippen LogP contribution in [0.4, 0.5) is 0 Å². The number of carboxylic acids is 1. The second-order valence-electron chi connectivity index (χ2n) is 11.3. The number of carbonyl (C=O) groups excluding carboxylic acids is 2. The largest absolute Gasteiger partial charge is 0.478 e. The molecule has 2 N–H and O–H groups in total. The van der Waals surface area contributed by atoms with E-state index in [0.717, 1.165) is 13.0 Å². The summed E-state index contributed by atoms with van der Waals surface area (Å²) < 4.78 is 0. The van der Waals surface area contributed by atoms with Gasteiger partial charge in [0.2, 0.25) is 11.8 Å². The Kier molecular flexibility index (Phi) is 9.67. The third kappa shape index (κ3) is 7.40. The maximum Gasteiger partial charge on any atom is 0.331 e. The standard InChI is InChI=1S/C28H43N3O4/c1-18(2)22(16-19(3)27(34)35)31(8)26(33)24(28(4,5)6)29-25(32)23-17-21(14-15-30(23)7)20-12-10-9-11-13-20/h9-13,16,18,21-24H,14-15,17H2,1-8H3,(H,29,32)(H,34,35)/b19-16+/t21-,22-,23?,24-/m1/s1. The number of nitrogens with zero attached hydrogens (tertiary/aromatic N) is 2. The molecule has 2 amide bonds. The third-order valence-electron chi connectivity index (χ3n) is 7.08. The van der Waals surface area contributed by atoms with Crippen LogP contribution in [0.25, 0.3) is 0 Å². The molecule has 1 unspecified atom stereocenters. The van der Waals surface area contributed by atoms with E-state index in [9.17, 15) is 19.5 Å². The third-order valence-corrected chi connectivity index (χ3v) is 7.08. The van der Waals surface area contributed by atoms with E-state index in [1.807, 2.05) is 59.9 Å². The summed E-state index contributed by atoms with van der Waals surface area (Å²) in [5, 5.41) is 12.4. The van der Waals surface area contributed by atoms with Gasteiger partial charge in [-0.15, -0.1) is 0 Å². The Hall–Kier alpha value is -2.67. The lowest BCUT2D eigenvalue weighted by Crippen LogP contribution is -2.60. The van der Waals surface area contributed by atoms with Crippen molar-refractivity contribution in [1.82, 2.24) is 15.1 Å². The second kappa shape index (κ2) is 11.8. The molecule has 0 bridgehead atoms. The summed E-state index contributed by atoms with van der Waals surface area (Å²) in [4.78, 5) is 42.3. The Morgan fingerprint density at radius 1 is 1.17 bits per heavy atom. The number of piperidine rings is 1. The molecule has 1 aromatic rings. The number of hydrogen-bond acceptors (Lipinski definition) is 4. The number of likely N-dealkylation sites (tertiary alicyclic amines) is 1. The molecule has 0 spiro atoms. The molecule has 1 aromatic carbocycles. The molecule has 2 rings (SSSR count). The molecule has 7 heteroatoms. The first-order chi connectivity index (χ1) is 16.2. The minimum atomic E-state index is -1.01. The summed E-state index contributed by atoms with van der Waals surface area (Å²) in [5.41, 5.74) is 0.901. The SMILES string of the molecule is C/C(=C\[C@H](C(C)C)N(C)C(=O)[C@@H](NC(=O)C1C[C@H](c2ccccc2)CCN1C)C(C)(C)C)C(=O)O. The average Bonchev–Trinajstić information content (AvgIpc) is 2.79. The van der Waals surface area contributed by atoms with Gasteiger partial charge in [0.15, 0.2) is 0 Å². The van der Waals surface area contributed by atoms with Crippen molar-refractivity contribution in [3.05, 3.63) is 47.5 Å². The van der Waals surface area contributed by atoms with Crippen LogP contribution in [-0.4, -0.2) is 71.5 Å². The molecule has 1 saturated heterocycles. The molecule has 0 radical (unpaired) electrons. The van der Waals surface area contributed by atoms with Gasteiger partial charge in [0.05, 0.1) is 12.1 Å². The summed E-state index contributed by atoms with van der Waals surface area (Å²) in [6.45, 7) is 12.0. The van der Waals surface area contributed by atoms with Crippen molar-refractivity contribution < 1.29 is 19.5 Å². The van der Waals surface area contributed by atoms with Gasteiger partial charge in [0.25, 0.3) is 0 Å². The van der Waals surface area contributed by atoms with Crippen LogP contribution >= 0.6 is 0 Å². The fraction of sp³-hybridized carbons (Fsp3) is 0.607. The Labute approximate surface area is 210 Å². The van der Waals surface area contributed by atoms with E-state index in [1.165, 1.54) is 12.5 Å². The van der Waals surface area contributed by atoms with Gasteiger partial charge in [-0.05, 0) is 56.2 Å². The molecule has 4 atom stereocenters. The number of likely N-dealkylation sites (N-methyl/N-ethyl adjacent to an activating group) is 2. The van der Waals surface area contributed by atoms with Crippen LogP contribution in [0.5, 0.6) is 0 Å².